The largest absolute Gasteiger partial charge is 0.352 e. The molecule has 0 spiro atoms. The average Bonchev–Trinajstić information content (AvgIpc) is 3.29. The highest BCUT2D eigenvalue weighted by Crippen LogP contribution is 2.28. The fourth-order valence-corrected chi connectivity index (χ4v) is 3.90. The Morgan fingerprint density at radius 3 is 2.74 bits per heavy atom. The fraction of sp³-hybridized carbons (Fsp3) is 0.476. The molecule has 1 aromatic carbocycles. The van der Waals surface area contributed by atoms with Crippen molar-refractivity contribution in [1.29, 1.82) is 0 Å². The summed E-state index contributed by atoms with van der Waals surface area (Å²) >= 11 is 6.35. The van der Waals surface area contributed by atoms with Crippen molar-refractivity contribution in [2.24, 2.45) is 0 Å². The third kappa shape index (κ3) is 4.87. The number of aromatic nitrogens is 5. The second-order valence-corrected chi connectivity index (χ2v) is 9.30. The summed E-state index contributed by atoms with van der Waals surface area (Å²) in [6.45, 7) is 9.60. The predicted molar refractivity (Wildman–Crippen MR) is 121 cm³/mol. The van der Waals surface area contributed by atoms with E-state index >= 15 is 0 Å². The molecule has 1 unspecified atom stereocenters. The van der Waals surface area contributed by atoms with Crippen LogP contribution >= 0.6 is 11.6 Å². The molecule has 31 heavy (non-hydrogen) atoms. The molecule has 1 aliphatic rings. The van der Waals surface area contributed by atoms with Gasteiger partial charge in [-0.25, -0.2) is 4.68 Å². The normalized spacial score (nSPS) is 16.7. The molecule has 1 atom stereocenters. The van der Waals surface area contributed by atoms with E-state index in [1.165, 1.54) is 6.92 Å². The quantitative estimate of drug-likeness (QED) is 0.626. The minimum atomic E-state index is -0.213. The van der Waals surface area contributed by atoms with Crippen LogP contribution in [-0.2, 0) is 11.3 Å². The van der Waals surface area contributed by atoms with Gasteiger partial charge in [-0.15, -0.1) is 5.10 Å². The Kier molecular flexibility index (Phi) is 5.70. The highest BCUT2D eigenvalue weighted by molar-refractivity contribution is 6.31. The van der Waals surface area contributed by atoms with Crippen LogP contribution < -0.4 is 15.5 Å². The van der Waals surface area contributed by atoms with Crippen molar-refractivity contribution in [2.45, 2.75) is 52.2 Å². The van der Waals surface area contributed by atoms with Gasteiger partial charge in [-0.1, -0.05) is 35.0 Å². The first-order valence-corrected chi connectivity index (χ1v) is 10.7. The molecule has 10 heteroatoms. The van der Waals surface area contributed by atoms with Crippen molar-refractivity contribution < 1.29 is 4.79 Å². The van der Waals surface area contributed by atoms with Crippen LogP contribution in [0, 0.1) is 0 Å². The number of carbonyl (C=O) groups is 1. The number of rotatable bonds is 5. The maximum Gasteiger partial charge on any atom is 0.227 e. The fourth-order valence-electron chi connectivity index (χ4n) is 3.71. The molecule has 4 rings (SSSR count). The molecule has 1 aliphatic heterocycles. The lowest BCUT2D eigenvalue weighted by Crippen LogP contribution is -2.36. The highest BCUT2D eigenvalue weighted by Gasteiger charge is 2.28. The zero-order valence-corrected chi connectivity index (χ0v) is 18.9. The van der Waals surface area contributed by atoms with E-state index < -0.39 is 0 Å². The van der Waals surface area contributed by atoms with Gasteiger partial charge in [0.05, 0.1) is 6.54 Å². The molecule has 2 N–H and O–H groups in total. The maximum atomic E-state index is 11.5. The lowest BCUT2D eigenvalue weighted by atomic mass is 10.1. The number of nitrogens with zero attached hydrogens (tertiary/aromatic N) is 6. The smallest absolute Gasteiger partial charge is 0.227 e. The SMILES string of the molecule is CC(=O)NC1CCN(c2nc(NC(C)(C)C)nc3c2nnn3Cc2ccccc2Cl)C1. The van der Waals surface area contributed by atoms with Crippen molar-refractivity contribution in [3.8, 4) is 0 Å². The summed E-state index contributed by atoms with van der Waals surface area (Å²) in [6, 6.07) is 7.75. The average molecular weight is 443 g/mol. The van der Waals surface area contributed by atoms with Gasteiger partial charge in [0.2, 0.25) is 11.9 Å². The van der Waals surface area contributed by atoms with Crippen LogP contribution in [-0.4, -0.2) is 55.5 Å². The van der Waals surface area contributed by atoms with E-state index in [0.29, 0.717) is 35.2 Å². The van der Waals surface area contributed by atoms with Gasteiger partial charge in [-0.3, -0.25) is 4.79 Å². The Morgan fingerprint density at radius 1 is 1.26 bits per heavy atom. The summed E-state index contributed by atoms with van der Waals surface area (Å²) in [4.78, 5) is 23.1. The van der Waals surface area contributed by atoms with Crippen molar-refractivity contribution in [2.75, 3.05) is 23.3 Å². The van der Waals surface area contributed by atoms with Crippen LogP contribution in [0.25, 0.3) is 11.2 Å². The maximum absolute atomic E-state index is 11.5. The van der Waals surface area contributed by atoms with Crippen molar-refractivity contribution >= 4 is 40.4 Å². The van der Waals surface area contributed by atoms with Gasteiger partial charge in [0.15, 0.2) is 17.0 Å². The number of hydrogen-bond acceptors (Lipinski definition) is 7. The first-order valence-electron chi connectivity index (χ1n) is 10.3. The number of carbonyl (C=O) groups excluding carboxylic acids is 1. The molecule has 3 heterocycles. The van der Waals surface area contributed by atoms with Crippen LogP contribution in [0.5, 0.6) is 0 Å². The van der Waals surface area contributed by atoms with Gasteiger partial charge in [0.25, 0.3) is 0 Å². The van der Waals surface area contributed by atoms with E-state index in [4.69, 9.17) is 21.6 Å². The van der Waals surface area contributed by atoms with E-state index in [1.54, 1.807) is 4.68 Å². The predicted octanol–water partition coefficient (Wildman–Crippen LogP) is 2.85. The Labute approximate surface area is 186 Å². The number of nitrogens with one attached hydrogen (secondary N) is 2. The first kappa shape index (κ1) is 21.3. The van der Waals surface area contributed by atoms with Crippen LogP contribution in [0.1, 0.15) is 39.7 Å². The molecular weight excluding hydrogens is 416 g/mol. The Bertz CT molecular complexity index is 1110. The van der Waals surface area contributed by atoms with Crippen LogP contribution in [0.4, 0.5) is 11.8 Å². The van der Waals surface area contributed by atoms with E-state index in [2.05, 4.69) is 46.6 Å². The Balaban J connectivity index is 1.74. The Morgan fingerprint density at radius 2 is 2.03 bits per heavy atom. The van der Waals surface area contributed by atoms with E-state index in [9.17, 15) is 4.79 Å². The molecule has 1 fully saturated rings. The molecule has 1 amide bonds. The molecule has 2 aromatic heterocycles. The second-order valence-electron chi connectivity index (χ2n) is 8.89. The third-order valence-corrected chi connectivity index (χ3v) is 5.37. The monoisotopic (exact) mass is 442 g/mol. The Hall–Kier alpha value is -2.94. The van der Waals surface area contributed by atoms with Gasteiger partial charge in [-0.2, -0.15) is 9.97 Å². The molecule has 0 aliphatic carbocycles. The number of benzene rings is 1. The first-order chi connectivity index (χ1) is 14.7. The zero-order chi connectivity index (χ0) is 22.2. The molecule has 0 radical (unpaired) electrons. The van der Waals surface area contributed by atoms with Crippen LogP contribution in [0.3, 0.4) is 0 Å². The molecule has 164 valence electrons. The minimum absolute atomic E-state index is 0.0274. The number of fused-ring (bicyclic) bond motifs is 1. The number of halogens is 1. The van der Waals surface area contributed by atoms with Gasteiger partial charge in [-0.05, 0) is 38.8 Å². The topological polar surface area (TPSA) is 101 Å². The van der Waals surface area contributed by atoms with Gasteiger partial charge in [0, 0.05) is 36.6 Å². The highest BCUT2D eigenvalue weighted by atomic mass is 35.5. The molecule has 0 saturated carbocycles. The summed E-state index contributed by atoms with van der Waals surface area (Å²) in [7, 11) is 0. The van der Waals surface area contributed by atoms with Crippen molar-refractivity contribution in [3.63, 3.8) is 0 Å². The summed E-state index contributed by atoms with van der Waals surface area (Å²) in [5.74, 6) is 1.20. The number of amides is 1. The standard InChI is InChI=1S/C21H27ClN8O/c1-13(31)23-15-9-10-29(12-15)18-17-19(25-20(24-18)26-21(2,3)4)30(28-27-17)11-14-7-5-6-8-16(14)22/h5-8,15H,9-12H2,1-4H3,(H,23,31)(H,24,25,26). The van der Waals surface area contributed by atoms with Gasteiger partial charge < -0.3 is 15.5 Å². The van der Waals surface area contributed by atoms with E-state index in [1.807, 2.05) is 24.3 Å². The second kappa shape index (κ2) is 8.30. The molecular formula is C21H27ClN8O. The molecule has 9 nitrogen and oxygen atoms in total. The molecule has 1 saturated heterocycles. The van der Waals surface area contributed by atoms with Crippen LogP contribution in [0.15, 0.2) is 24.3 Å². The lowest BCUT2D eigenvalue weighted by Gasteiger charge is -2.23. The van der Waals surface area contributed by atoms with Gasteiger partial charge in [0.1, 0.15) is 0 Å². The van der Waals surface area contributed by atoms with E-state index in [-0.39, 0.29) is 17.5 Å². The van der Waals surface area contributed by atoms with E-state index in [0.717, 1.165) is 24.3 Å². The third-order valence-electron chi connectivity index (χ3n) is 5.00. The summed E-state index contributed by atoms with van der Waals surface area (Å²) in [6.07, 6.45) is 0.848. The molecule has 3 aromatic rings. The summed E-state index contributed by atoms with van der Waals surface area (Å²) in [5, 5.41) is 15.8. The van der Waals surface area contributed by atoms with Crippen molar-refractivity contribution in [3.05, 3.63) is 34.9 Å². The van der Waals surface area contributed by atoms with Crippen LogP contribution in [0.2, 0.25) is 5.02 Å². The lowest BCUT2D eigenvalue weighted by molar-refractivity contribution is -0.119. The number of hydrogen-bond donors (Lipinski definition) is 2. The summed E-state index contributed by atoms with van der Waals surface area (Å²) in [5.41, 5.74) is 2.00. The zero-order valence-electron chi connectivity index (χ0n) is 18.2. The van der Waals surface area contributed by atoms with Crippen molar-refractivity contribution in [1.82, 2.24) is 30.3 Å². The summed E-state index contributed by atoms with van der Waals surface area (Å²) < 4.78 is 1.75. The molecule has 0 bridgehead atoms. The number of anilines is 2. The van der Waals surface area contributed by atoms with Gasteiger partial charge >= 0.3 is 0 Å². The minimum Gasteiger partial charge on any atom is -0.352 e.